The number of likely N-dealkylation sites (tertiary alicyclic amines) is 1. The fourth-order valence-corrected chi connectivity index (χ4v) is 4.25. The Morgan fingerprint density at radius 1 is 1.14 bits per heavy atom. The van der Waals surface area contributed by atoms with Gasteiger partial charge in [-0.25, -0.2) is 14.0 Å². The van der Waals surface area contributed by atoms with Crippen LogP contribution >= 0.6 is 0 Å². The second kappa shape index (κ2) is 11.0. The fraction of sp³-hybridized carbons (Fsp3) is 0.591. The van der Waals surface area contributed by atoms with Gasteiger partial charge in [0.2, 0.25) is 5.91 Å². The molecule has 1 saturated heterocycles. The molecule has 9 nitrogen and oxygen atoms in total. The van der Waals surface area contributed by atoms with E-state index < -0.39 is 24.0 Å². The van der Waals surface area contributed by atoms with Gasteiger partial charge < -0.3 is 30.5 Å². The highest BCUT2D eigenvalue weighted by Gasteiger charge is 2.42. The molecule has 1 aromatic rings. The zero-order valence-corrected chi connectivity index (χ0v) is 19.5. The molecule has 35 heavy (non-hydrogen) atoms. The van der Waals surface area contributed by atoms with Crippen molar-refractivity contribution in [3.63, 3.8) is 0 Å². The molecule has 3 N–H and O–H groups in total. The second-order valence-electron chi connectivity index (χ2n) is 8.75. The van der Waals surface area contributed by atoms with Crippen LogP contribution in [-0.2, 0) is 11.3 Å². The molecular weight excluding hydrogens is 474 g/mol. The van der Waals surface area contributed by atoms with Crippen LogP contribution in [0.4, 0.5) is 27.2 Å². The summed E-state index contributed by atoms with van der Waals surface area (Å²) in [5, 5.41) is 7.99. The molecule has 194 valence electrons. The number of nitrogens with zero attached hydrogens (tertiary/aromatic N) is 2. The third-order valence-electron chi connectivity index (χ3n) is 5.91. The van der Waals surface area contributed by atoms with Crippen molar-refractivity contribution in [2.75, 3.05) is 26.7 Å². The minimum absolute atomic E-state index is 0.00258. The zero-order valence-electron chi connectivity index (χ0n) is 19.5. The summed E-state index contributed by atoms with van der Waals surface area (Å²) in [6, 6.07) is 1.62. The lowest BCUT2D eigenvalue weighted by Gasteiger charge is -2.42. The van der Waals surface area contributed by atoms with Crippen molar-refractivity contribution in [1.29, 1.82) is 0 Å². The summed E-state index contributed by atoms with van der Waals surface area (Å²) < 4.78 is 55.0. The first kappa shape index (κ1) is 26.4. The van der Waals surface area contributed by atoms with Gasteiger partial charge in [-0.05, 0) is 31.2 Å². The number of rotatable bonds is 7. The molecule has 0 radical (unpaired) electrons. The third-order valence-corrected chi connectivity index (χ3v) is 5.91. The topological polar surface area (TPSA) is 103 Å². The number of amides is 5. The van der Waals surface area contributed by atoms with Gasteiger partial charge in [-0.3, -0.25) is 4.79 Å². The summed E-state index contributed by atoms with van der Waals surface area (Å²) in [4.78, 5) is 40.1. The molecule has 13 heteroatoms. The van der Waals surface area contributed by atoms with Crippen LogP contribution in [0.2, 0.25) is 0 Å². The van der Waals surface area contributed by atoms with Crippen molar-refractivity contribution in [2.24, 2.45) is 5.92 Å². The van der Waals surface area contributed by atoms with E-state index >= 15 is 0 Å². The van der Waals surface area contributed by atoms with E-state index in [-0.39, 0.29) is 42.0 Å². The van der Waals surface area contributed by atoms with E-state index in [0.717, 1.165) is 25.0 Å². The van der Waals surface area contributed by atoms with Crippen molar-refractivity contribution in [3.05, 3.63) is 29.6 Å². The Balaban J connectivity index is 1.68. The van der Waals surface area contributed by atoms with Gasteiger partial charge in [0.15, 0.2) is 0 Å². The summed E-state index contributed by atoms with van der Waals surface area (Å²) in [5.74, 6) is -1.89. The monoisotopic (exact) mass is 503 g/mol. The van der Waals surface area contributed by atoms with Gasteiger partial charge in [0, 0.05) is 57.8 Å². The maximum atomic E-state index is 14.3. The Labute approximate surface area is 200 Å². The number of hydrogen-bond donors (Lipinski definition) is 3. The van der Waals surface area contributed by atoms with E-state index in [2.05, 4.69) is 20.7 Å². The van der Waals surface area contributed by atoms with Crippen LogP contribution in [0.15, 0.2) is 18.2 Å². The summed E-state index contributed by atoms with van der Waals surface area (Å²) in [6.45, 7) is 2.26. The third kappa shape index (κ3) is 7.62. The Morgan fingerprint density at radius 3 is 2.43 bits per heavy atom. The number of alkyl halides is 3. The van der Waals surface area contributed by atoms with E-state index in [1.807, 2.05) is 0 Å². The van der Waals surface area contributed by atoms with Crippen LogP contribution in [0.1, 0.15) is 31.7 Å². The van der Waals surface area contributed by atoms with Crippen LogP contribution < -0.4 is 20.7 Å². The molecule has 2 aliphatic rings. The number of urea groups is 2. The van der Waals surface area contributed by atoms with E-state index in [1.165, 1.54) is 14.0 Å². The van der Waals surface area contributed by atoms with Gasteiger partial charge >= 0.3 is 18.4 Å². The summed E-state index contributed by atoms with van der Waals surface area (Å²) >= 11 is 0. The number of carbonyl (C=O) groups excluding carboxylic acids is 3. The number of hydrogen-bond acceptors (Lipinski definition) is 4. The first-order chi connectivity index (χ1) is 16.5. The summed E-state index contributed by atoms with van der Waals surface area (Å²) in [5.41, 5.74) is 0.00258. The largest absolute Gasteiger partial charge is 0.573 e. The molecule has 3 rings (SSSR count). The maximum Gasteiger partial charge on any atom is 0.573 e. The number of piperidine rings is 1. The highest BCUT2D eigenvalue weighted by molar-refractivity contribution is 5.76. The summed E-state index contributed by atoms with van der Waals surface area (Å²) in [6.07, 6.45) is -2.79. The number of carbonyl (C=O) groups is 3. The van der Waals surface area contributed by atoms with Crippen molar-refractivity contribution >= 4 is 18.0 Å². The van der Waals surface area contributed by atoms with Gasteiger partial charge in [-0.15, -0.1) is 13.2 Å². The molecule has 1 unspecified atom stereocenters. The second-order valence-corrected chi connectivity index (χ2v) is 8.75. The highest BCUT2D eigenvalue weighted by Crippen LogP contribution is 2.33. The van der Waals surface area contributed by atoms with Gasteiger partial charge in [-0.1, -0.05) is 6.07 Å². The normalized spacial score (nSPS) is 20.1. The van der Waals surface area contributed by atoms with Crippen LogP contribution in [0, 0.1) is 11.7 Å². The molecule has 2 atom stereocenters. The molecule has 0 bridgehead atoms. The molecule has 1 aliphatic heterocycles. The standard InChI is InChI=1S/C22H29F4N5O4/c1-13(32)28-9-14-7-17(12-30(11-14)20(33)27-2)31(16-4-5-16)21(34)29-10-15-3-6-18(8-19(15)23)35-22(24,25)26/h3,6,8,14,16-17H,4-5,7,9-12H2,1-2H3,(H,27,33)(H,28,32)(H,29,34)/t14-,17?/m1/s1. The smallest absolute Gasteiger partial charge is 0.406 e. The minimum Gasteiger partial charge on any atom is -0.406 e. The Morgan fingerprint density at radius 2 is 1.86 bits per heavy atom. The maximum absolute atomic E-state index is 14.3. The lowest BCUT2D eigenvalue weighted by molar-refractivity contribution is -0.274. The molecule has 2 fully saturated rings. The first-order valence-corrected chi connectivity index (χ1v) is 11.3. The SMILES string of the molecule is CNC(=O)N1CC(N(C(=O)NCc2ccc(OC(F)(F)F)cc2F)C2CC2)C[C@H](CNC(C)=O)C1. The van der Waals surface area contributed by atoms with E-state index in [9.17, 15) is 31.9 Å². The average molecular weight is 503 g/mol. The van der Waals surface area contributed by atoms with Crippen LogP contribution in [0.5, 0.6) is 5.75 Å². The Bertz CT molecular complexity index is 941. The molecule has 0 spiro atoms. The minimum atomic E-state index is -4.94. The number of ether oxygens (including phenoxy) is 1. The van der Waals surface area contributed by atoms with E-state index in [0.29, 0.717) is 32.1 Å². The van der Waals surface area contributed by atoms with Crippen molar-refractivity contribution < 1.29 is 36.7 Å². The van der Waals surface area contributed by atoms with Gasteiger partial charge in [0.1, 0.15) is 11.6 Å². The lowest BCUT2D eigenvalue weighted by Crippen LogP contribution is -2.59. The van der Waals surface area contributed by atoms with E-state index in [1.54, 1.807) is 9.80 Å². The molecule has 1 saturated carbocycles. The molecule has 0 aromatic heterocycles. The average Bonchev–Trinajstić information content (AvgIpc) is 3.60. The van der Waals surface area contributed by atoms with Crippen molar-refractivity contribution in [2.45, 2.75) is 51.2 Å². The Kier molecular flexibility index (Phi) is 8.28. The van der Waals surface area contributed by atoms with Gasteiger partial charge in [0.05, 0.1) is 6.04 Å². The van der Waals surface area contributed by atoms with Crippen LogP contribution in [-0.4, -0.2) is 72.9 Å². The Hall–Kier alpha value is -3.25. The van der Waals surface area contributed by atoms with Crippen molar-refractivity contribution in [1.82, 2.24) is 25.8 Å². The van der Waals surface area contributed by atoms with Crippen LogP contribution in [0.3, 0.4) is 0 Å². The zero-order chi connectivity index (χ0) is 25.8. The molecule has 1 heterocycles. The quantitative estimate of drug-likeness (QED) is 0.498. The molecular formula is C22H29F4N5O4. The number of nitrogens with one attached hydrogen (secondary N) is 3. The predicted molar refractivity (Wildman–Crippen MR) is 117 cm³/mol. The number of benzene rings is 1. The van der Waals surface area contributed by atoms with Crippen LogP contribution in [0.25, 0.3) is 0 Å². The number of halogens is 4. The predicted octanol–water partition coefficient (Wildman–Crippen LogP) is 2.56. The van der Waals surface area contributed by atoms with Gasteiger partial charge in [0.25, 0.3) is 0 Å². The fourth-order valence-electron chi connectivity index (χ4n) is 4.25. The summed E-state index contributed by atoms with van der Waals surface area (Å²) in [7, 11) is 1.51. The highest BCUT2D eigenvalue weighted by atomic mass is 19.4. The first-order valence-electron chi connectivity index (χ1n) is 11.3. The van der Waals surface area contributed by atoms with Gasteiger partial charge in [-0.2, -0.15) is 0 Å². The lowest BCUT2D eigenvalue weighted by atomic mass is 9.93. The van der Waals surface area contributed by atoms with Crippen molar-refractivity contribution in [3.8, 4) is 5.75 Å². The molecule has 1 aromatic carbocycles. The molecule has 5 amide bonds. The molecule has 1 aliphatic carbocycles. The van der Waals surface area contributed by atoms with E-state index in [4.69, 9.17) is 0 Å².